The molecule has 0 saturated heterocycles. The molecular weight excluding hydrogens is 204 g/mol. The van der Waals surface area contributed by atoms with Crippen molar-refractivity contribution < 1.29 is 9.90 Å². The van der Waals surface area contributed by atoms with Gasteiger partial charge in [0, 0.05) is 17.9 Å². The fourth-order valence-electron chi connectivity index (χ4n) is 2.25. The van der Waals surface area contributed by atoms with Crippen LogP contribution < -0.4 is 5.32 Å². The van der Waals surface area contributed by atoms with Gasteiger partial charge in [-0.25, -0.2) is 0 Å². The zero-order valence-corrected chi connectivity index (χ0v) is 9.35. The largest absolute Gasteiger partial charge is 0.390 e. The van der Waals surface area contributed by atoms with Gasteiger partial charge < -0.3 is 15.0 Å². The summed E-state index contributed by atoms with van der Waals surface area (Å²) in [6.07, 6.45) is 6.46. The quantitative estimate of drug-likeness (QED) is 0.799. The van der Waals surface area contributed by atoms with Crippen LogP contribution in [0.1, 0.15) is 31.4 Å². The third kappa shape index (κ3) is 2.64. The number of aliphatic hydroxyl groups excluding tert-OH is 1. The Labute approximate surface area is 95.3 Å². The first-order valence-corrected chi connectivity index (χ1v) is 5.84. The number of aliphatic hydroxyl groups is 1. The zero-order valence-electron chi connectivity index (χ0n) is 9.35. The summed E-state index contributed by atoms with van der Waals surface area (Å²) >= 11 is 0. The summed E-state index contributed by atoms with van der Waals surface area (Å²) in [6.45, 7) is 0.281. The first kappa shape index (κ1) is 11.2. The molecule has 2 rings (SSSR count). The van der Waals surface area contributed by atoms with Gasteiger partial charge in [-0.1, -0.05) is 12.8 Å². The minimum absolute atomic E-state index is 0.0241. The van der Waals surface area contributed by atoms with Crippen LogP contribution in [0.4, 0.5) is 0 Å². The van der Waals surface area contributed by atoms with Crippen molar-refractivity contribution in [2.45, 2.75) is 44.9 Å². The van der Waals surface area contributed by atoms with Crippen LogP contribution in [0, 0.1) is 0 Å². The average molecular weight is 222 g/mol. The minimum Gasteiger partial charge on any atom is -0.390 e. The predicted octanol–water partition coefficient (Wildman–Crippen LogP) is 1.04. The summed E-state index contributed by atoms with van der Waals surface area (Å²) in [4.78, 5) is 11.7. The molecule has 0 atom stereocenters. The number of amides is 1. The molecule has 0 unspecified atom stereocenters. The second-order valence-electron chi connectivity index (χ2n) is 4.33. The van der Waals surface area contributed by atoms with Crippen LogP contribution in [0.25, 0.3) is 0 Å². The van der Waals surface area contributed by atoms with Crippen LogP contribution in [0.15, 0.2) is 18.3 Å². The fourth-order valence-corrected chi connectivity index (χ4v) is 2.25. The number of nitrogens with one attached hydrogen (secondary N) is 1. The molecule has 1 fully saturated rings. The molecule has 4 heteroatoms. The molecule has 1 aliphatic carbocycles. The van der Waals surface area contributed by atoms with Crippen LogP contribution in [0.2, 0.25) is 0 Å². The number of hydrogen-bond acceptors (Lipinski definition) is 2. The van der Waals surface area contributed by atoms with Crippen molar-refractivity contribution in [2.75, 3.05) is 0 Å². The number of carbonyl (C=O) groups excluding carboxylic acids is 1. The summed E-state index contributed by atoms with van der Waals surface area (Å²) in [6, 6.07) is 4.03. The van der Waals surface area contributed by atoms with Gasteiger partial charge in [0.25, 0.3) is 0 Å². The van der Waals surface area contributed by atoms with Gasteiger partial charge in [0.2, 0.25) is 5.91 Å². The second-order valence-corrected chi connectivity index (χ2v) is 4.33. The van der Waals surface area contributed by atoms with Crippen molar-refractivity contribution in [1.29, 1.82) is 0 Å². The molecule has 1 amide bonds. The van der Waals surface area contributed by atoms with Gasteiger partial charge in [-0.3, -0.25) is 4.79 Å². The predicted molar refractivity (Wildman–Crippen MR) is 60.8 cm³/mol. The molecule has 1 saturated carbocycles. The lowest BCUT2D eigenvalue weighted by molar-refractivity contribution is -0.122. The molecule has 88 valence electrons. The van der Waals surface area contributed by atoms with E-state index in [0.29, 0.717) is 12.6 Å². The maximum atomic E-state index is 11.7. The highest BCUT2D eigenvalue weighted by Crippen LogP contribution is 2.17. The van der Waals surface area contributed by atoms with E-state index in [1.807, 2.05) is 18.3 Å². The summed E-state index contributed by atoms with van der Waals surface area (Å²) in [5.74, 6) is 0.0396. The Hall–Kier alpha value is -1.29. The lowest BCUT2D eigenvalue weighted by atomic mass is 10.2. The molecule has 0 radical (unpaired) electrons. The van der Waals surface area contributed by atoms with Crippen LogP contribution in [0.3, 0.4) is 0 Å². The van der Waals surface area contributed by atoms with E-state index >= 15 is 0 Å². The summed E-state index contributed by atoms with van der Waals surface area (Å²) < 4.78 is 1.78. The molecule has 1 aliphatic rings. The Bertz CT molecular complexity index is 354. The van der Waals surface area contributed by atoms with Crippen molar-refractivity contribution in [3.8, 4) is 0 Å². The number of rotatable bonds is 4. The standard InChI is InChI=1S/C12H18N2O2/c15-9-11-6-3-7-14(11)8-12(16)13-10-4-1-2-5-10/h3,6-7,10,15H,1-2,4-5,8-9H2,(H,13,16). The average Bonchev–Trinajstić information content (AvgIpc) is 2.88. The van der Waals surface area contributed by atoms with Crippen LogP contribution in [-0.2, 0) is 17.9 Å². The Morgan fingerprint density at radius 1 is 1.50 bits per heavy atom. The molecule has 0 spiro atoms. The van der Waals surface area contributed by atoms with Crippen molar-refractivity contribution >= 4 is 5.91 Å². The summed E-state index contributed by atoms with van der Waals surface area (Å²) in [7, 11) is 0. The molecule has 0 aliphatic heterocycles. The Morgan fingerprint density at radius 2 is 2.25 bits per heavy atom. The van der Waals surface area contributed by atoms with E-state index < -0.39 is 0 Å². The van der Waals surface area contributed by atoms with Gasteiger partial charge in [-0.05, 0) is 25.0 Å². The molecule has 1 aromatic rings. The van der Waals surface area contributed by atoms with Gasteiger partial charge in [-0.2, -0.15) is 0 Å². The van der Waals surface area contributed by atoms with Gasteiger partial charge in [0.1, 0.15) is 6.54 Å². The smallest absolute Gasteiger partial charge is 0.240 e. The highest BCUT2D eigenvalue weighted by molar-refractivity contribution is 5.76. The number of aromatic nitrogens is 1. The number of carbonyl (C=O) groups is 1. The summed E-state index contributed by atoms with van der Waals surface area (Å²) in [5.41, 5.74) is 0.779. The molecule has 0 bridgehead atoms. The minimum atomic E-state index is -0.0241. The first-order chi connectivity index (χ1) is 7.79. The Kier molecular flexibility index (Phi) is 3.62. The number of nitrogens with zero attached hydrogens (tertiary/aromatic N) is 1. The molecule has 16 heavy (non-hydrogen) atoms. The van der Waals surface area contributed by atoms with Gasteiger partial charge in [-0.15, -0.1) is 0 Å². The third-order valence-electron chi connectivity index (χ3n) is 3.12. The highest BCUT2D eigenvalue weighted by atomic mass is 16.3. The summed E-state index contributed by atoms with van der Waals surface area (Å²) in [5, 5.41) is 12.1. The van der Waals surface area contributed by atoms with E-state index in [0.717, 1.165) is 18.5 Å². The molecule has 2 N–H and O–H groups in total. The maximum absolute atomic E-state index is 11.7. The third-order valence-corrected chi connectivity index (χ3v) is 3.12. The second kappa shape index (κ2) is 5.16. The zero-order chi connectivity index (χ0) is 11.4. The Balaban J connectivity index is 1.86. The lowest BCUT2D eigenvalue weighted by Gasteiger charge is -2.13. The topological polar surface area (TPSA) is 54.3 Å². The van der Waals surface area contributed by atoms with Crippen molar-refractivity contribution in [3.05, 3.63) is 24.0 Å². The van der Waals surface area contributed by atoms with Crippen molar-refractivity contribution in [1.82, 2.24) is 9.88 Å². The van der Waals surface area contributed by atoms with E-state index in [2.05, 4.69) is 5.32 Å². The SMILES string of the molecule is O=C(Cn1cccc1CO)NC1CCCC1. The first-order valence-electron chi connectivity index (χ1n) is 5.84. The van der Waals surface area contributed by atoms with Gasteiger partial charge in [0.15, 0.2) is 0 Å². The normalized spacial score (nSPS) is 16.6. The monoisotopic (exact) mass is 222 g/mol. The van der Waals surface area contributed by atoms with E-state index in [1.54, 1.807) is 4.57 Å². The molecule has 1 aromatic heterocycles. The van der Waals surface area contributed by atoms with Crippen LogP contribution >= 0.6 is 0 Å². The van der Waals surface area contributed by atoms with Gasteiger partial charge in [0.05, 0.1) is 6.61 Å². The number of hydrogen-bond donors (Lipinski definition) is 2. The fraction of sp³-hybridized carbons (Fsp3) is 0.583. The van der Waals surface area contributed by atoms with E-state index in [1.165, 1.54) is 12.8 Å². The maximum Gasteiger partial charge on any atom is 0.240 e. The van der Waals surface area contributed by atoms with Crippen molar-refractivity contribution in [3.63, 3.8) is 0 Å². The molecule has 4 nitrogen and oxygen atoms in total. The Morgan fingerprint density at radius 3 is 2.94 bits per heavy atom. The lowest BCUT2D eigenvalue weighted by Crippen LogP contribution is -2.35. The van der Waals surface area contributed by atoms with E-state index in [-0.39, 0.29) is 12.5 Å². The van der Waals surface area contributed by atoms with Crippen LogP contribution in [0.5, 0.6) is 0 Å². The molecular formula is C12H18N2O2. The van der Waals surface area contributed by atoms with Gasteiger partial charge >= 0.3 is 0 Å². The van der Waals surface area contributed by atoms with Crippen LogP contribution in [-0.4, -0.2) is 21.6 Å². The van der Waals surface area contributed by atoms with Crippen molar-refractivity contribution in [2.24, 2.45) is 0 Å². The van der Waals surface area contributed by atoms with E-state index in [9.17, 15) is 4.79 Å². The molecule has 1 heterocycles. The van der Waals surface area contributed by atoms with E-state index in [4.69, 9.17) is 5.11 Å². The molecule has 0 aromatic carbocycles. The highest BCUT2D eigenvalue weighted by Gasteiger charge is 2.17.